The molecule has 0 saturated carbocycles. The van der Waals surface area contributed by atoms with Gasteiger partial charge in [-0.3, -0.25) is 4.79 Å². The van der Waals surface area contributed by atoms with Gasteiger partial charge >= 0.3 is 0 Å². The minimum absolute atomic E-state index is 0.0508. The van der Waals surface area contributed by atoms with Crippen LogP contribution in [0, 0.1) is 0 Å². The van der Waals surface area contributed by atoms with Crippen molar-refractivity contribution in [1.29, 1.82) is 0 Å². The van der Waals surface area contributed by atoms with Gasteiger partial charge in [0.25, 0.3) is 5.91 Å². The van der Waals surface area contributed by atoms with Crippen molar-refractivity contribution in [2.24, 2.45) is 0 Å². The lowest BCUT2D eigenvalue weighted by Gasteiger charge is -2.20. The van der Waals surface area contributed by atoms with E-state index >= 15 is 0 Å². The smallest absolute Gasteiger partial charge is 0.254 e. The van der Waals surface area contributed by atoms with E-state index in [0.29, 0.717) is 18.7 Å². The molecule has 0 unspecified atom stereocenters. The molecule has 0 N–H and O–H groups in total. The molecule has 3 nitrogen and oxygen atoms in total. The van der Waals surface area contributed by atoms with Gasteiger partial charge in [0, 0.05) is 28.5 Å². The lowest BCUT2D eigenvalue weighted by Crippen LogP contribution is -2.30. The predicted molar refractivity (Wildman–Crippen MR) is 102 cm³/mol. The third kappa shape index (κ3) is 3.20. The quantitative estimate of drug-likeness (QED) is 0.625. The molecule has 0 fully saturated rings. The molecular weight excluding hydrogens is 364 g/mol. The van der Waals surface area contributed by atoms with Crippen LogP contribution in [-0.2, 0) is 0 Å². The van der Waals surface area contributed by atoms with E-state index < -0.39 is 0 Å². The standard InChI is InChI=1S/C20H19BrN2O/c1-3-23(4-2)20(24)17-13-19(14-8-7-9-15(21)12-14)22-18-11-6-5-10-16(17)18/h5-13H,3-4H2,1-2H3. The molecule has 3 aromatic rings. The third-order valence-electron chi connectivity index (χ3n) is 4.12. The fourth-order valence-electron chi connectivity index (χ4n) is 2.83. The zero-order valence-electron chi connectivity index (χ0n) is 13.8. The van der Waals surface area contributed by atoms with E-state index in [1.165, 1.54) is 0 Å². The van der Waals surface area contributed by atoms with Crippen molar-refractivity contribution in [3.63, 3.8) is 0 Å². The summed E-state index contributed by atoms with van der Waals surface area (Å²) >= 11 is 3.50. The number of carbonyl (C=O) groups excluding carboxylic acids is 1. The molecule has 0 aliphatic rings. The van der Waals surface area contributed by atoms with E-state index in [9.17, 15) is 4.79 Å². The molecule has 0 aliphatic carbocycles. The molecule has 1 amide bonds. The van der Waals surface area contributed by atoms with Gasteiger partial charge in [-0.05, 0) is 38.1 Å². The number of aromatic nitrogens is 1. The molecule has 0 atom stereocenters. The van der Waals surface area contributed by atoms with Crippen molar-refractivity contribution in [1.82, 2.24) is 9.88 Å². The molecular formula is C20H19BrN2O. The van der Waals surface area contributed by atoms with Gasteiger partial charge in [-0.2, -0.15) is 0 Å². The minimum atomic E-state index is 0.0508. The zero-order chi connectivity index (χ0) is 17.1. The van der Waals surface area contributed by atoms with Crippen molar-refractivity contribution >= 4 is 32.7 Å². The van der Waals surface area contributed by atoms with Gasteiger partial charge < -0.3 is 4.90 Å². The van der Waals surface area contributed by atoms with E-state index in [-0.39, 0.29) is 5.91 Å². The number of pyridine rings is 1. The Kier molecular flexibility index (Phi) is 4.95. The van der Waals surface area contributed by atoms with Gasteiger partial charge in [0.05, 0.1) is 16.8 Å². The van der Waals surface area contributed by atoms with Crippen LogP contribution in [0.15, 0.2) is 59.1 Å². The van der Waals surface area contributed by atoms with E-state index in [1.54, 1.807) is 0 Å². The molecule has 1 aromatic heterocycles. The molecule has 0 saturated heterocycles. The Morgan fingerprint density at radius 2 is 1.79 bits per heavy atom. The maximum Gasteiger partial charge on any atom is 0.254 e. The number of para-hydroxylation sites is 1. The van der Waals surface area contributed by atoms with E-state index in [0.717, 1.165) is 26.6 Å². The van der Waals surface area contributed by atoms with Crippen LogP contribution in [0.25, 0.3) is 22.2 Å². The van der Waals surface area contributed by atoms with Crippen LogP contribution in [0.4, 0.5) is 0 Å². The summed E-state index contributed by atoms with van der Waals surface area (Å²) in [5, 5.41) is 0.896. The number of halogens is 1. The summed E-state index contributed by atoms with van der Waals surface area (Å²) in [6.45, 7) is 5.39. The van der Waals surface area contributed by atoms with Crippen LogP contribution >= 0.6 is 15.9 Å². The molecule has 1 heterocycles. The van der Waals surface area contributed by atoms with Crippen molar-refractivity contribution in [3.8, 4) is 11.3 Å². The monoisotopic (exact) mass is 382 g/mol. The average molecular weight is 383 g/mol. The number of hydrogen-bond donors (Lipinski definition) is 0. The molecule has 0 radical (unpaired) electrons. The molecule has 2 aromatic carbocycles. The van der Waals surface area contributed by atoms with Crippen molar-refractivity contribution < 1.29 is 4.79 Å². The van der Waals surface area contributed by atoms with E-state index in [1.807, 2.05) is 73.3 Å². The first kappa shape index (κ1) is 16.7. The highest BCUT2D eigenvalue weighted by atomic mass is 79.9. The third-order valence-corrected chi connectivity index (χ3v) is 4.61. The highest BCUT2D eigenvalue weighted by molar-refractivity contribution is 9.10. The van der Waals surface area contributed by atoms with Crippen LogP contribution < -0.4 is 0 Å². The van der Waals surface area contributed by atoms with Crippen LogP contribution in [-0.4, -0.2) is 28.9 Å². The van der Waals surface area contributed by atoms with Crippen molar-refractivity contribution in [2.75, 3.05) is 13.1 Å². The van der Waals surface area contributed by atoms with Gasteiger partial charge in [0.2, 0.25) is 0 Å². The first-order valence-electron chi connectivity index (χ1n) is 8.09. The maximum atomic E-state index is 13.0. The van der Waals surface area contributed by atoms with Crippen LogP contribution in [0.2, 0.25) is 0 Å². The summed E-state index contributed by atoms with van der Waals surface area (Å²) in [5.74, 6) is 0.0508. The summed E-state index contributed by atoms with van der Waals surface area (Å²) in [5.41, 5.74) is 3.35. The molecule has 3 rings (SSSR count). The molecule has 4 heteroatoms. The number of amides is 1. The topological polar surface area (TPSA) is 33.2 Å². The Morgan fingerprint density at radius 3 is 2.50 bits per heavy atom. The van der Waals surface area contributed by atoms with Crippen molar-refractivity contribution in [2.45, 2.75) is 13.8 Å². The van der Waals surface area contributed by atoms with Gasteiger partial charge in [0.15, 0.2) is 0 Å². The Hall–Kier alpha value is -2.20. The van der Waals surface area contributed by atoms with Crippen LogP contribution in [0.1, 0.15) is 24.2 Å². The normalized spacial score (nSPS) is 10.8. The summed E-state index contributed by atoms with van der Waals surface area (Å²) < 4.78 is 0.992. The van der Waals surface area contributed by atoms with Gasteiger partial charge in [0.1, 0.15) is 0 Å². The van der Waals surface area contributed by atoms with E-state index in [4.69, 9.17) is 4.98 Å². The van der Waals surface area contributed by atoms with Crippen LogP contribution in [0.5, 0.6) is 0 Å². The highest BCUT2D eigenvalue weighted by Gasteiger charge is 2.17. The number of carbonyl (C=O) groups is 1. The Labute approximate surface area is 150 Å². The Bertz CT molecular complexity index is 888. The number of hydrogen-bond acceptors (Lipinski definition) is 2. The summed E-state index contributed by atoms with van der Waals surface area (Å²) in [6.07, 6.45) is 0. The zero-order valence-corrected chi connectivity index (χ0v) is 15.4. The summed E-state index contributed by atoms with van der Waals surface area (Å²) in [7, 11) is 0. The molecule has 0 bridgehead atoms. The minimum Gasteiger partial charge on any atom is -0.339 e. The summed E-state index contributed by atoms with van der Waals surface area (Å²) in [4.78, 5) is 19.5. The SMILES string of the molecule is CCN(CC)C(=O)c1cc(-c2cccc(Br)c2)nc2ccccc12. The number of fused-ring (bicyclic) bond motifs is 1. The van der Waals surface area contributed by atoms with Gasteiger partial charge in [-0.1, -0.05) is 46.3 Å². The molecule has 122 valence electrons. The second-order valence-corrected chi connectivity index (χ2v) is 6.48. The van der Waals surface area contributed by atoms with Crippen molar-refractivity contribution in [3.05, 3.63) is 64.6 Å². The molecule has 0 spiro atoms. The second kappa shape index (κ2) is 7.14. The number of rotatable bonds is 4. The second-order valence-electron chi connectivity index (χ2n) is 5.56. The van der Waals surface area contributed by atoms with Gasteiger partial charge in [-0.25, -0.2) is 4.98 Å². The Balaban J connectivity index is 2.22. The van der Waals surface area contributed by atoms with E-state index in [2.05, 4.69) is 15.9 Å². The molecule has 0 aliphatic heterocycles. The molecule has 24 heavy (non-hydrogen) atoms. The summed E-state index contributed by atoms with van der Waals surface area (Å²) in [6, 6.07) is 17.7. The number of benzene rings is 2. The van der Waals surface area contributed by atoms with Crippen LogP contribution in [0.3, 0.4) is 0 Å². The lowest BCUT2D eigenvalue weighted by molar-refractivity contribution is 0.0775. The Morgan fingerprint density at radius 1 is 1.04 bits per heavy atom. The fourth-order valence-corrected chi connectivity index (χ4v) is 3.23. The predicted octanol–water partition coefficient (Wildman–Crippen LogP) is 5.15. The fraction of sp³-hybridized carbons (Fsp3) is 0.200. The average Bonchev–Trinajstić information content (AvgIpc) is 2.61. The highest BCUT2D eigenvalue weighted by Crippen LogP contribution is 2.27. The maximum absolute atomic E-state index is 13.0. The first-order chi connectivity index (χ1) is 11.6. The largest absolute Gasteiger partial charge is 0.339 e. The number of nitrogens with zero attached hydrogens (tertiary/aromatic N) is 2. The first-order valence-corrected chi connectivity index (χ1v) is 8.88. The van der Waals surface area contributed by atoms with Gasteiger partial charge in [-0.15, -0.1) is 0 Å². The lowest BCUT2D eigenvalue weighted by atomic mass is 10.0.